The van der Waals surface area contributed by atoms with Crippen molar-refractivity contribution in [3.8, 4) is 0 Å². The van der Waals surface area contributed by atoms with Gasteiger partial charge in [-0.2, -0.15) is 0 Å². The molecule has 1 aliphatic carbocycles. The van der Waals surface area contributed by atoms with Gasteiger partial charge in [-0.1, -0.05) is 36.6 Å². The van der Waals surface area contributed by atoms with E-state index in [4.69, 9.17) is 11.6 Å². The van der Waals surface area contributed by atoms with Crippen LogP contribution in [-0.2, 0) is 4.79 Å². The highest BCUT2D eigenvalue weighted by atomic mass is 35.5. The molecule has 1 atom stereocenters. The average molecular weight is 336 g/mol. The molecule has 0 spiro atoms. The highest BCUT2D eigenvalue weighted by Crippen LogP contribution is 2.25. The predicted molar refractivity (Wildman–Crippen MR) is 93.7 cm³/mol. The van der Waals surface area contributed by atoms with Gasteiger partial charge in [-0.25, -0.2) is 0 Å². The lowest BCUT2D eigenvalue weighted by Crippen LogP contribution is -2.47. The van der Waals surface area contributed by atoms with E-state index in [0.29, 0.717) is 18.5 Å². The second-order valence-corrected chi connectivity index (χ2v) is 7.05. The highest BCUT2D eigenvalue weighted by Gasteiger charge is 2.25. The fourth-order valence-corrected chi connectivity index (χ4v) is 3.87. The van der Waals surface area contributed by atoms with Crippen molar-refractivity contribution in [1.82, 2.24) is 15.5 Å². The van der Waals surface area contributed by atoms with E-state index in [-0.39, 0.29) is 5.91 Å². The van der Waals surface area contributed by atoms with Crippen LogP contribution in [-0.4, -0.2) is 43.0 Å². The highest BCUT2D eigenvalue weighted by molar-refractivity contribution is 6.30. The van der Waals surface area contributed by atoms with Crippen molar-refractivity contribution in [1.29, 1.82) is 0 Å². The van der Waals surface area contributed by atoms with Gasteiger partial charge in [0.25, 0.3) is 0 Å². The van der Waals surface area contributed by atoms with Crippen molar-refractivity contribution in [2.75, 3.05) is 26.2 Å². The predicted octanol–water partition coefficient (Wildman–Crippen LogP) is 2.74. The van der Waals surface area contributed by atoms with Crippen molar-refractivity contribution in [3.05, 3.63) is 34.9 Å². The normalized spacial score (nSPS) is 23.1. The summed E-state index contributed by atoms with van der Waals surface area (Å²) in [6, 6.07) is 8.76. The number of rotatable bonds is 5. The number of nitrogens with one attached hydrogen (secondary N) is 2. The van der Waals surface area contributed by atoms with Crippen molar-refractivity contribution in [3.63, 3.8) is 0 Å². The number of benzene rings is 1. The SMILES string of the molecule is O=C(CCN1CCNCC1c1cccc(Cl)c1)NC1CCCC1. The van der Waals surface area contributed by atoms with Gasteiger partial charge in [0.2, 0.25) is 5.91 Å². The molecule has 1 amide bonds. The first-order chi connectivity index (χ1) is 11.2. The molecule has 23 heavy (non-hydrogen) atoms. The molecule has 1 saturated heterocycles. The van der Waals surface area contributed by atoms with Crippen LogP contribution in [0.2, 0.25) is 5.02 Å². The molecule has 1 aromatic carbocycles. The molecule has 1 saturated carbocycles. The molecular weight excluding hydrogens is 310 g/mol. The summed E-state index contributed by atoms with van der Waals surface area (Å²) in [6.07, 6.45) is 5.36. The first kappa shape index (κ1) is 16.7. The van der Waals surface area contributed by atoms with E-state index in [0.717, 1.165) is 44.0 Å². The minimum absolute atomic E-state index is 0.195. The van der Waals surface area contributed by atoms with Gasteiger partial charge in [-0.15, -0.1) is 0 Å². The maximum atomic E-state index is 12.2. The zero-order chi connectivity index (χ0) is 16.1. The Labute approximate surface area is 143 Å². The largest absolute Gasteiger partial charge is 0.353 e. The van der Waals surface area contributed by atoms with Crippen LogP contribution in [0.25, 0.3) is 0 Å². The van der Waals surface area contributed by atoms with Crippen LogP contribution in [0.1, 0.15) is 43.7 Å². The Hall–Kier alpha value is -1.10. The van der Waals surface area contributed by atoms with Gasteiger partial charge in [0.1, 0.15) is 0 Å². The molecule has 0 bridgehead atoms. The number of carbonyl (C=O) groups excluding carboxylic acids is 1. The second-order valence-electron chi connectivity index (χ2n) is 6.61. The van der Waals surface area contributed by atoms with Crippen molar-refractivity contribution in [2.24, 2.45) is 0 Å². The lowest BCUT2D eigenvalue weighted by Gasteiger charge is -2.36. The van der Waals surface area contributed by atoms with Crippen LogP contribution in [0.15, 0.2) is 24.3 Å². The zero-order valence-electron chi connectivity index (χ0n) is 13.6. The Morgan fingerprint density at radius 3 is 2.96 bits per heavy atom. The summed E-state index contributed by atoms with van der Waals surface area (Å²) in [5.41, 5.74) is 1.22. The summed E-state index contributed by atoms with van der Waals surface area (Å²) in [5.74, 6) is 0.195. The maximum absolute atomic E-state index is 12.2. The molecule has 1 aromatic rings. The minimum atomic E-state index is 0.195. The van der Waals surface area contributed by atoms with E-state index in [1.165, 1.54) is 18.4 Å². The van der Waals surface area contributed by atoms with Gasteiger partial charge in [0, 0.05) is 49.7 Å². The summed E-state index contributed by atoms with van der Waals surface area (Å²) in [4.78, 5) is 14.6. The van der Waals surface area contributed by atoms with Gasteiger partial charge >= 0.3 is 0 Å². The van der Waals surface area contributed by atoms with Gasteiger partial charge < -0.3 is 10.6 Å². The molecule has 1 unspecified atom stereocenters. The minimum Gasteiger partial charge on any atom is -0.353 e. The molecule has 126 valence electrons. The molecule has 4 nitrogen and oxygen atoms in total. The third kappa shape index (κ3) is 4.69. The van der Waals surface area contributed by atoms with Crippen LogP contribution in [0.3, 0.4) is 0 Å². The molecule has 0 radical (unpaired) electrons. The molecule has 2 N–H and O–H groups in total. The summed E-state index contributed by atoms with van der Waals surface area (Å²) in [7, 11) is 0. The Morgan fingerprint density at radius 1 is 1.35 bits per heavy atom. The Morgan fingerprint density at radius 2 is 2.17 bits per heavy atom. The van der Waals surface area contributed by atoms with Gasteiger partial charge in [0.15, 0.2) is 0 Å². The Bertz CT molecular complexity index is 531. The Balaban J connectivity index is 1.55. The lowest BCUT2D eigenvalue weighted by molar-refractivity contribution is -0.122. The van der Waals surface area contributed by atoms with E-state index in [2.05, 4.69) is 21.6 Å². The number of nitrogens with zero attached hydrogens (tertiary/aromatic N) is 1. The van der Waals surface area contributed by atoms with Gasteiger partial charge in [-0.3, -0.25) is 9.69 Å². The van der Waals surface area contributed by atoms with Crippen molar-refractivity contribution >= 4 is 17.5 Å². The number of hydrogen-bond donors (Lipinski definition) is 2. The fourth-order valence-electron chi connectivity index (χ4n) is 3.67. The molecular formula is C18H26ClN3O. The first-order valence-electron chi connectivity index (χ1n) is 8.72. The summed E-state index contributed by atoms with van der Waals surface area (Å²) in [5, 5.41) is 7.39. The van der Waals surface area contributed by atoms with Crippen LogP contribution in [0.4, 0.5) is 0 Å². The topological polar surface area (TPSA) is 44.4 Å². The van der Waals surface area contributed by atoms with Crippen LogP contribution in [0.5, 0.6) is 0 Å². The number of piperazine rings is 1. The van der Waals surface area contributed by atoms with Crippen molar-refractivity contribution in [2.45, 2.75) is 44.2 Å². The third-order valence-electron chi connectivity index (χ3n) is 4.93. The molecule has 2 aliphatic rings. The number of carbonyl (C=O) groups is 1. The quantitative estimate of drug-likeness (QED) is 0.869. The van der Waals surface area contributed by atoms with Crippen LogP contribution in [0, 0.1) is 0 Å². The maximum Gasteiger partial charge on any atom is 0.221 e. The molecule has 5 heteroatoms. The van der Waals surface area contributed by atoms with E-state index in [9.17, 15) is 4.79 Å². The van der Waals surface area contributed by atoms with E-state index in [1.54, 1.807) is 0 Å². The average Bonchev–Trinajstić information content (AvgIpc) is 3.06. The summed E-state index contributed by atoms with van der Waals surface area (Å²) < 4.78 is 0. The van der Waals surface area contributed by atoms with Gasteiger partial charge in [0.05, 0.1) is 0 Å². The van der Waals surface area contributed by atoms with Crippen molar-refractivity contribution < 1.29 is 4.79 Å². The van der Waals surface area contributed by atoms with Crippen LogP contribution >= 0.6 is 11.6 Å². The lowest BCUT2D eigenvalue weighted by atomic mass is 10.0. The number of halogens is 1. The molecule has 1 heterocycles. The number of hydrogen-bond acceptors (Lipinski definition) is 3. The standard InChI is InChI=1S/C18H26ClN3O/c19-15-5-3-4-14(12-15)17-13-20-9-11-22(17)10-8-18(23)21-16-6-1-2-7-16/h3-5,12,16-17,20H,1-2,6-11,13H2,(H,21,23). The molecule has 0 aromatic heterocycles. The smallest absolute Gasteiger partial charge is 0.221 e. The van der Waals surface area contributed by atoms with E-state index in [1.807, 2.05) is 18.2 Å². The third-order valence-corrected chi connectivity index (χ3v) is 5.17. The monoisotopic (exact) mass is 335 g/mol. The molecule has 1 aliphatic heterocycles. The summed E-state index contributed by atoms with van der Waals surface area (Å²) >= 11 is 6.13. The van der Waals surface area contributed by atoms with E-state index >= 15 is 0 Å². The summed E-state index contributed by atoms with van der Waals surface area (Å²) in [6.45, 7) is 3.65. The second kappa shape index (κ2) is 8.13. The molecule has 2 fully saturated rings. The number of amides is 1. The Kier molecular flexibility index (Phi) is 5.92. The van der Waals surface area contributed by atoms with E-state index < -0.39 is 0 Å². The molecule has 3 rings (SSSR count). The van der Waals surface area contributed by atoms with Gasteiger partial charge in [-0.05, 0) is 30.5 Å². The fraction of sp³-hybridized carbons (Fsp3) is 0.611. The zero-order valence-corrected chi connectivity index (χ0v) is 14.3. The first-order valence-corrected chi connectivity index (χ1v) is 9.10. The van der Waals surface area contributed by atoms with Crippen LogP contribution < -0.4 is 10.6 Å².